The largest absolute Gasteiger partial charge is 0.272 e. The number of nitrogens with zero attached hydrogens (tertiary/aromatic N) is 2. The number of amides is 1. The quantitative estimate of drug-likeness (QED) is 0.325. The van der Waals surface area contributed by atoms with E-state index in [2.05, 4.69) is 10.5 Å². The number of hydrogen-bond donors (Lipinski definition) is 1. The molecule has 3 rings (SSSR count). The second kappa shape index (κ2) is 11.1. The topological polar surface area (TPSA) is 78.8 Å². The molecule has 33 heavy (non-hydrogen) atoms. The summed E-state index contributed by atoms with van der Waals surface area (Å²) in [5.74, 6) is -1.11. The number of carbonyl (C=O) groups excluding carboxylic acids is 1. The average Bonchev–Trinajstić information content (AvgIpc) is 2.77. The maximum atomic E-state index is 13.3. The van der Waals surface area contributed by atoms with E-state index in [-0.39, 0.29) is 21.5 Å². The molecule has 0 fully saturated rings. The van der Waals surface area contributed by atoms with Gasteiger partial charge in [-0.1, -0.05) is 53.0 Å². The minimum Gasteiger partial charge on any atom is -0.272 e. The van der Waals surface area contributed by atoms with Crippen LogP contribution >= 0.6 is 34.8 Å². The van der Waals surface area contributed by atoms with Gasteiger partial charge < -0.3 is 0 Å². The third-order valence-electron chi connectivity index (χ3n) is 4.44. The van der Waals surface area contributed by atoms with Crippen LogP contribution in [0, 0.1) is 5.82 Å². The van der Waals surface area contributed by atoms with Crippen molar-refractivity contribution in [1.82, 2.24) is 9.73 Å². The van der Waals surface area contributed by atoms with Crippen LogP contribution in [-0.4, -0.2) is 31.4 Å². The van der Waals surface area contributed by atoms with Crippen molar-refractivity contribution in [2.45, 2.75) is 11.4 Å². The minimum absolute atomic E-state index is 0.0577. The SMILES string of the molecule is O=C(CN(Cc1c(Cl)cccc1Cl)S(=O)(=O)c1ccc(Cl)cc1)N/N=C\c1ccc(F)cc1. The Morgan fingerprint density at radius 2 is 1.58 bits per heavy atom. The fourth-order valence-electron chi connectivity index (χ4n) is 2.76. The minimum atomic E-state index is -4.12. The molecule has 3 aromatic carbocycles. The van der Waals surface area contributed by atoms with Crippen LogP contribution in [0.25, 0.3) is 0 Å². The van der Waals surface area contributed by atoms with Crippen LogP contribution in [0.3, 0.4) is 0 Å². The third kappa shape index (κ3) is 6.75. The van der Waals surface area contributed by atoms with E-state index in [0.717, 1.165) is 4.31 Å². The predicted molar refractivity (Wildman–Crippen MR) is 128 cm³/mol. The lowest BCUT2D eigenvalue weighted by Gasteiger charge is -2.22. The Balaban J connectivity index is 1.84. The highest BCUT2D eigenvalue weighted by Crippen LogP contribution is 2.28. The Labute approximate surface area is 205 Å². The highest BCUT2D eigenvalue weighted by molar-refractivity contribution is 7.89. The molecule has 0 unspecified atom stereocenters. The molecule has 0 aliphatic carbocycles. The number of nitrogens with one attached hydrogen (secondary N) is 1. The number of benzene rings is 3. The van der Waals surface area contributed by atoms with E-state index in [4.69, 9.17) is 34.8 Å². The van der Waals surface area contributed by atoms with Gasteiger partial charge in [0.2, 0.25) is 10.0 Å². The Bertz CT molecular complexity index is 1250. The molecule has 11 heteroatoms. The highest BCUT2D eigenvalue weighted by atomic mass is 35.5. The summed E-state index contributed by atoms with van der Waals surface area (Å²) in [5.41, 5.74) is 3.16. The Morgan fingerprint density at radius 3 is 2.18 bits per heavy atom. The fourth-order valence-corrected chi connectivity index (χ4v) is 4.77. The van der Waals surface area contributed by atoms with E-state index in [0.29, 0.717) is 16.1 Å². The molecule has 0 saturated carbocycles. The molecule has 0 aliphatic rings. The van der Waals surface area contributed by atoms with E-state index >= 15 is 0 Å². The van der Waals surface area contributed by atoms with Crippen LogP contribution in [0.5, 0.6) is 0 Å². The molecule has 0 aliphatic heterocycles. The number of rotatable bonds is 8. The van der Waals surface area contributed by atoms with Gasteiger partial charge in [-0.15, -0.1) is 0 Å². The first-order valence-corrected chi connectivity index (χ1v) is 12.0. The monoisotopic (exact) mass is 527 g/mol. The van der Waals surface area contributed by atoms with E-state index in [1.165, 1.54) is 54.7 Å². The van der Waals surface area contributed by atoms with Crippen LogP contribution in [0.15, 0.2) is 76.7 Å². The van der Waals surface area contributed by atoms with Crippen LogP contribution in [-0.2, 0) is 21.4 Å². The van der Waals surface area contributed by atoms with Gasteiger partial charge in [0.1, 0.15) is 5.82 Å². The normalized spacial score (nSPS) is 11.8. The molecule has 0 radical (unpaired) electrons. The zero-order chi connectivity index (χ0) is 24.0. The summed E-state index contributed by atoms with van der Waals surface area (Å²) in [6.45, 7) is -0.814. The first-order valence-electron chi connectivity index (χ1n) is 9.43. The second-order valence-electron chi connectivity index (χ2n) is 6.77. The van der Waals surface area contributed by atoms with Gasteiger partial charge in [-0.05, 0) is 54.1 Å². The van der Waals surface area contributed by atoms with Crippen molar-refractivity contribution >= 4 is 56.9 Å². The second-order valence-corrected chi connectivity index (χ2v) is 9.96. The first kappa shape index (κ1) is 25.1. The summed E-state index contributed by atoms with van der Waals surface area (Å²) >= 11 is 18.3. The van der Waals surface area contributed by atoms with Crippen molar-refractivity contribution in [2.24, 2.45) is 5.10 Å². The van der Waals surface area contributed by atoms with Crippen LogP contribution in [0.1, 0.15) is 11.1 Å². The highest BCUT2D eigenvalue weighted by Gasteiger charge is 2.28. The Kier molecular flexibility index (Phi) is 8.45. The van der Waals surface area contributed by atoms with Crippen molar-refractivity contribution in [3.8, 4) is 0 Å². The molecular formula is C22H17Cl3FN3O3S. The summed E-state index contributed by atoms with van der Waals surface area (Å²) in [5, 5.41) is 4.67. The van der Waals surface area contributed by atoms with Crippen molar-refractivity contribution in [1.29, 1.82) is 0 Å². The molecule has 3 aromatic rings. The molecule has 0 bridgehead atoms. The first-order chi connectivity index (χ1) is 15.7. The summed E-state index contributed by atoms with van der Waals surface area (Å²) in [6.07, 6.45) is 1.31. The lowest BCUT2D eigenvalue weighted by molar-refractivity contribution is -0.121. The standard InChI is InChI=1S/C22H17Cl3FN3O3S/c23-16-6-10-18(11-7-16)33(31,32)29(13-19-20(24)2-1-3-21(19)25)14-22(30)28-27-12-15-4-8-17(26)9-5-15/h1-12H,13-14H2,(H,28,30)/b27-12-. The summed E-state index contributed by atoms with van der Waals surface area (Å²) in [7, 11) is -4.12. The number of halogens is 4. The van der Waals surface area contributed by atoms with E-state index < -0.39 is 28.3 Å². The van der Waals surface area contributed by atoms with Gasteiger partial charge in [0.15, 0.2) is 0 Å². The number of carbonyl (C=O) groups is 1. The third-order valence-corrected chi connectivity index (χ3v) is 7.21. The van der Waals surface area contributed by atoms with Crippen molar-refractivity contribution in [3.05, 3.63) is 98.7 Å². The number of hydrazone groups is 1. The summed E-state index contributed by atoms with van der Waals surface area (Å²) in [4.78, 5) is 12.5. The maximum absolute atomic E-state index is 13.3. The molecule has 0 saturated heterocycles. The molecule has 0 atom stereocenters. The zero-order valence-electron chi connectivity index (χ0n) is 16.9. The maximum Gasteiger partial charge on any atom is 0.255 e. The lowest BCUT2D eigenvalue weighted by Crippen LogP contribution is -2.39. The van der Waals surface area contributed by atoms with Crippen LogP contribution < -0.4 is 5.43 Å². The van der Waals surface area contributed by atoms with Gasteiger partial charge in [-0.25, -0.2) is 18.2 Å². The Hall–Kier alpha value is -2.49. The van der Waals surface area contributed by atoms with Crippen molar-refractivity contribution in [3.63, 3.8) is 0 Å². The van der Waals surface area contributed by atoms with Gasteiger partial charge in [-0.2, -0.15) is 9.41 Å². The van der Waals surface area contributed by atoms with Gasteiger partial charge in [0.25, 0.3) is 5.91 Å². The lowest BCUT2D eigenvalue weighted by atomic mass is 10.2. The zero-order valence-corrected chi connectivity index (χ0v) is 20.0. The summed E-state index contributed by atoms with van der Waals surface area (Å²) in [6, 6.07) is 15.8. The number of sulfonamides is 1. The van der Waals surface area contributed by atoms with Crippen LogP contribution in [0.4, 0.5) is 4.39 Å². The summed E-state index contributed by atoms with van der Waals surface area (Å²) < 4.78 is 40.5. The molecule has 6 nitrogen and oxygen atoms in total. The van der Waals surface area contributed by atoms with E-state index in [1.807, 2.05) is 0 Å². The molecule has 1 amide bonds. The van der Waals surface area contributed by atoms with Gasteiger partial charge in [0, 0.05) is 27.2 Å². The molecule has 0 heterocycles. The van der Waals surface area contributed by atoms with Crippen molar-refractivity contribution in [2.75, 3.05) is 6.54 Å². The van der Waals surface area contributed by atoms with Gasteiger partial charge in [0.05, 0.1) is 17.7 Å². The van der Waals surface area contributed by atoms with Crippen LogP contribution in [0.2, 0.25) is 15.1 Å². The van der Waals surface area contributed by atoms with E-state index in [1.54, 1.807) is 18.2 Å². The van der Waals surface area contributed by atoms with E-state index in [9.17, 15) is 17.6 Å². The molecule has 0 spiro atoms. The van der Waals surface area contributed by atoms with Crippen molar-refractivity contribution < 1.29 is 17.6 Å². The number of hydrogen-bond acceptors (Lipinski definition) is 4. The predicted octanol–water partition coefficient (Wildman–Crippen LogP) is 5.13. The average molecular weight is 529 g/mol. The van der Waals surface area contributed by atoms with Gasteiger partial charge in [-0.3, -0.25) is 4.79 Å². The fraction of sp³-hybridized carbons (Fsp3) is 0.0909. The smallest absolute Gasteiger partial charge is 0.255 e. The molecular weight excluding hydrogens is 512 g/mol. The molecule has 0 aromatic heterocycles. The van der Waals surface area contributed by atoms with Gasteiger partial charge >= 0.3 is 0 Å². The Morgan fingerprint density at radius 1 is 0.970 bits per heavy atom. The molecule has 1 N–H and O–H groups in total. The molecule has 172 valence electrons.